The van der Waals surface area contributed by atoms with Gasteiger partial charge in [0.25, 0.3) is 0 Å². The Hall–Kier alpha value is -2.45. The largest absolute Gasteiger partial charge is 0.340 e. The molecule has 0 radical (unpaired) electrons. The van der Waals surface area contributed by atoms with Gasteiger partial charge in [-0.05, 0) is 43.2 Å². The molecule has 2 N–H and O–H groups in total. The SMILES string of the molecule is C[C@@H]1C[C@H](c2ccc3cccc(C#N)c3n2)CN(C(=O)C(N)C2CC2)C1. The van der Waals surface area contributed by atoms with E-state index in [0.29, 0.717) is 23.9 Å². The second-order valence-corrected chi connectivity index (χ2v) is 7.87. The van der Waals surface area contributed by atoms with Crippen LogP contribution in [0.2, 0.25) is 0 Å². The molecular weight excluding hydrogens is 324 g/mol. The monoisotopic (exact) mass is 348 g/mol. The molecule has 2 aromatic rings. The number of para-hydroxylation sites is 1. The van der Waals surface area contributed by atoms with Crippen LogP contribution < -0.4 is 5.73 Å². The number of benzene rings is 1. The minimum absolute atomic E-state index is 0.0857. The standard InChI is InChI=1S/C21H24N4O/c1-13-9-17(12-25(11-13)21(26)19(23)14-5-6-14)18-8-7-15-3-2-4-16(10-22)20(15)24-18/h2-4,7-8,13-14,17,19H,5-6,9,11-12,23H2,1H3/t13-,17+,19?/m1/s1. The Balaban J connectivity index is 1.61. The predicted molar refractivity (Wildman–Crippen MR) is 100 cm³/mol. The highest BCUT2D eigenvalue weighted by atomic mass is 16.2. The fourth-order valence-electron chi connectivity index (χ4n) is 4.09. The third-order valence-corrected chi connectivity index (χ3v) is 5.67. The molecule has 4 rings (SSSR count). The highest BCUT2D eigenvalue weighted by Crippen LogP contribution is 2.35. The molecule has 0 spiro atoms. The number of nitrogens with two attached hydrogens (primary N) is 1. The summed E-state index contributed by atoms with van der Waals surface area (Å²) in [7, 11) is 0. The fraction of sp³-hybridized carbons (Fsp3) is 0.476. The van der Waals surface area contributed by atoms with Crippen molar-refractivity contribution in [3.8, 4) is 6.07 Å². The number of likely N-dealkylation sites (tertiary alicyclic amines) is 1. The van der Waals surface area contributed by atoms with Gasteiger partial charge in [0.1, 0.15) is 6.07 Å². The van der Waals surface area contributed by atoms with Gasteiger partial charge < -0.3 is 10.6 Å². The summed E-state index contributed by atoms with van der Waals surface area (Å²) in [5, 5.41) is 10.3. The molecule has 1 saturated carbocycles. The number of fused-ring (bicyclic) bond motifs is 1. The number of carbonyl (C=O) groups is 1. The van der Waals surface area contributed by atoms with Gasteiger partial charge in [0.2, 0.25) is 5.91 Å². The maximum absolute atomic E-state index is 12.8. The summed E-state index contributed by atoms with van der Waals surface area (Å²) in [6.45, 7) is 3.61. The Morgan fingerprint density at radius 2 is 2.12 bits per heavy atom. The number of aromatic nitrogens is 1. The summed E-state index contributed by atoms with van der Waals surface area (Å²) in [5.41, 5.74) is 8.46. The van der Waals surface area contributed by atoms with Crippen molar-refractivity contribution < 1.29 is 4.79 Å². The van der Waals surface area contributed by atoms with Gasteiger partial charge in [0.15, 0.2) is 0 Å². The first-order valence-electron chi connectivity index (χ1n) is 9.41. The minimum Gasteiger partial charge on any atom is -0.340 e. The Morgan fingerprint density at radius 1 is 1.31 bits per heavy atom. The number of pyridine rings is 1. The van der Waals surface area contributed by atoms with Gasteiger partial charge in [-0.3, -0.25) is 9.78 Å². The highest BCUT2D eigenvalue weighted by Gasteiger charge is 2.38. The summed E-state index contributed by atoms with van der Waals surface area (Å²) < 4.78 is 0. The topological polar surface area (TPSA) is 83.0 Å². The predicted octanol–water partition coefficient (Wildman–Crippen LogP) is 2.80. The van der Waals surface area contributed by atoms with E-state index in [9.17, 15) is 10.1 Å². The Bertz CT molecular complexity index is 883. The molecule has 0 bridgehead atoms. The summed E-state index contributed by atoms with van der Waals surface area (Å²) in [6.07, 6.45) is 3.14. The van der Waals surface area contributed by atoms with Crippen molar-refractivity contribution >= 4 is 16.8 Å². The second kappa shape index (κ2) is 6.69. The van der Waals surface area contributed by atoms with E-state index in [1.165, 1.54) is 0 Å². The maximum atomic E-state index is 12.8. The molecule has 2 heterocycles. The van der Waals surface area contributed by atoms with E-state index in [-0.39, 0.29) is 17.9 Å². The van der Waals surface area contributed by atoms with E-state index in [2.05, 4.69) is 13.0 Å². The van der Waals surface area contributed by atoms with Crippen molar-refractivity contribution in [2.24, 2.45) is 17.6 Å². The number of nitriles is 1. The zero-order chi connectivity index (χ0) is 18.3. The molecule has 5 heteroatoms. The Morgan fingerprint density at radius 3 is 2.85 bits per heavy atom. The van der Waals surface area contributed by atoms with Crippen LogP contribution in [0, 0.1) is 23.2 Å². The number of carbonyl (C=O) groups excluding carboxylic acids is 1. The second-order valence-electron chi connectivity index (χ2n) is 7.87. The smallest absolute Gasteiger partial charge is 0.239 e. The van der Waals surface area contributed by atoms with Gasteiger partial charge in [-0.2, -0.15) is 5.26 Å². The summed E-state index contributed by atoms with van der Waals surface area (Å²) in [6, 6.07) is 11.6. The normalized spacial score (nSPS) is 24.3. The maximum Gasteiger partial charge on any atom is 0.239 e. The van der Waals surface area contributed by atoms with Gasteiger partial charge in [-0.25, -0.2) is 0 Å². The number of nitrogens with zero attached hydrogens (tertiary/aromatic N) is 3. The lowest BCUT2D eigenvalue weighted by Crippen LogP contribution is -2.50. The van der Waals surface area contributed by atoms with Gasteiger partial charge in [-0.1, -0.05) is 25.1 Å². The molecule has 1 unspecified atom stereocenters. The molecule has 2 aliphatic rings. The number of hydrogen-bond donors (Lipinski definition) is 1. The van der Waals surface area contributed by atoms with E-state index < -0.39 is 0 Å². The average Bonchev–Trinajstić information content (AvgIpc) is 3.50. The first-order valence-corrected chi connectivity index (χ1v) is 9.41. The molecule has 1 aromatic heterocycles. The number of amides is 1. The lowest BCUT2D eigenvalue weighted by Gasteiger charge is -2.37. The first kappa shape index (κ1) is 17.0. The van der Waals surface area contributed by atoms with Crippen molar-refractivity contribution in [2.45, 2.75) is 38.1 Å². The molecule has 134 valence electrons. The fourth-order valence-corrected chi connectivity index (χ4v) is 4.09. The lowest BCUT2D eigenvalue weighted by atomic mass is 9.87. The number of rotatable bonds is 3. The first-order chi connectivity index (χ1) is 12.6. The van der Waals surface area contributed by atoms with Gasteiger partial charge in [0.05, 0.1) is 17.1 Å². The van der Waals surface area contributed by atoms with E-state index in [4.69, 9.17) is 10.7 Å². The van der Waals surface area contributed by atoms with Crippen LogP contribution in [0.5, 0.6) is 0 Å². The Labute approximate surface area is 153 Å². The van der Waals surface area contributed by atoms with E-state index in [0.717, 1.165) is 42.4 Å². The van der Waals surface area contributed by atoms with Crippen LogP contribution in [0.15, 0.2) is 30.3 Å². The Kier molecular flexibility index (Phi) is 4.37. The number of piperidine rings is 1. The van der Waals surface area contributed by atoms with Gasteiger partial charge in [0, 0.05) is 30.1 Å². The van der Waals surface area contributed by atoms with Gasteiger partial charge in [-0.15, -0.1) is 0 Å². The molecule has 26 heavy (non-hydrogen) atoms. The van der Waals surface area contributed by atoms with Crippen molar-refractivity contribution in [3.05, 3.63) is 41.6 Å². The van der Waals surface area contributed by atoms with Crippen LogP contribution in [-0.2, 0) is 4.79 Å². The molecule has 2 fully saturated rings. The van der Waals surface area contributed by atoms with E-state index in [1.807, 2.05) is 29.2 Å². The number of hydrogen-bond acceptors (Lipinski definition) is 4. The molecule has 5 nitrogen and oxygen atoms in total. The molecule has 1 aliphatic heterocycles. The van der Waals surface area contributed by atoms with Crippen molar-refractivity contribution in [3.63, 3.8) is 0 Å². The lowest BCUT2D eigenvalue weighted by molar-refractivity contribution is -0.135. The summed E-state index contributed by atoms with van der Waals surface area (Å²) in [5.74, 6) is 1.05. The average molecular weight is 348 g/mol. The molecule has 1 aliphatic carbocycles. The van der Waals surface area contributed by atoms with Crippen molar-refractivity contribution in [2.75, 3.05) is 13.1 Å². The van der Waals surface area contributed by atoms with Crippen LogP contribution in [0.1, 0.15) is 43.4 Å². The quantitative estimate of drug-likeness (QED) is 0.924. The van der Waals surface area contributed by atoms with Crippen LogP contribution >= 0.6 is 0 Å². The van der Waals surface area contributed by atoms with Crippen LogP contribution in [0.25, 0.3) is 10.9 Å². The third-order valence-electron chi connectivity index (χ3n) is 5.67. The molecular formula is C21H24N4O. The molecule has 1 saturated heterocycles. The third kappa shape index (κ3) is 3.17. The summed E-state index contributed by atoms with van der Waals surface area (Å²) >= 11 is 0. The minimum atomic E-state index is -0.351. The molecule has 1 aromatic carbocycles. The zero-order valence-electron chi connectivity index (χ0n) is 15.1. The molecule has 1 amide bonds. The highest BCUT2D eigenvalue weighted by molar-refractivity contribution is 5.84. The van der Waals surface area contributed by atoms with Crippen LogP contribution in [-0.4, -0.2) is 34.9 Å². The summed E-state index contributed by atoms with van der Waals surface area (Å²) in [4.78, 5) is 19.5. The van der Waals surface area contributed by atoms with Crippen molar-refractivity contribution in [1.29, 1.82) is 5.26 Å². The van der Waals surface area contributed by atoms with Crippen LogP contribution in [0.3, 0.4) is 0 Å². The van der Waals surface area contributed by atoms with Crippen molar-refractivity contribution in [1.82, 2.24) is 9.88 Å². The molecule has 3 atom stereocenters. The van der Waals surface area contributed by atoms with Gasteiger partial charge >= 0.3 is 0 Å². The zero-order valence-corrected chi connectivity index (χ0v) is 15.1. The van der Waals surface area contributed by atoms with E-state index >= 15 is 0 Å². The van der Waals surface area contributed by atoms with Crippen LogP contribution in [0.4, 0.5) is 0 Å². The van der Waals surface area contributed by atoms with E-state index in [1.54, 1.807) is 6.07 Å².